The van der Waals surface area contributed by atoms with Gasteiger partial charge in [0, 0.05) is 25.2 Å². The minimum absolute atomic E-state index is 0.435. The molecule has 1 aromatic heterocycles. The number of nitrogens with zero attached hydrogens (tertiary/aromatic N) is 3. The molecular formula is C16H28N4. The van der Waals surface area contributed by atoms with Crippen LogP contribution in [0, 0.1) is 5.92 Å². The second kappa shape index (κ2) is 6.91. The molecule has 112 valence electrons. The summed E-state index contributed by atoms with van der Waals surface area (Å²) in [6.45, 7) is 12.2. The van der Waals surface area contributed by atoms with E-state index in [-0.39, 0.29) is 0 Å². The largest absolute Gasteiger partial charge is 0.370 e. The van der Waals surface area contributed by atoms with Crippen molar-refractivity contribution in [2.24, 2.45) is 5.92 Å². The molecule has 0 aromatic carbocycles. The standard InChI is InChI=1S/C16H28N4/c1-5-8-17-15-14(12(2)3)16(19-11-18-15)20-9-6-13(4)7-10-20/h11-13H,5-10H2,1-4H3,(H,17,18,19). The highest BCUT2D eigenvalue weighted by Crippen LogP contribution is 2.32. The van der Waals surface area contributed by atoms with Gasteiger partial charge in [-0.15, -0.1) is 0 Å². The quantitative estimate of drug-likeness (QED) is 0.891. The Morgan fingerprint density at radius 3 is 2.60 bits per heavy atom. The normalized spacial score (nSPS) is 16.8. The third-order valence-corrected chi connectivity index (χ3v) is 4.07. The summed E-state index contributed by atoms with van der Waals surface area (Å²) in [5.74, 6) is 3.43. The van der Waals surface area contributed by atoms with E-state index in [1.54, 1.807) is 6.33 Å². The highest BCUT2D eigenvalue weighted by Gasteiger charge is 2.23. The minimum Gasteiger partial charge on any atom is -0.370 e. The Morgan fingerprint density at radius 2 is 2.00 bits per heavy atom. The van der Waals surface area contributed by atoms with Crippen molar-refractivity contribution in [2.45, 2.75) is 52.9 Å². The number of rotatable bonds is 5. The highest BCUT2D eigenvalue weighted by molar-refractivity contribution is 5.60. The van der Waals surface area contributed by atoms with Crippen molar-refractivity contribution >= 4 is 11.6 Å². The van der Waals surface area contributed by atoms with Gasteiger partial charge in [0.2, 0.25) is 0 Å². The van der Waals surface area contributed by atoms with Gasteiger partial charge >= 0.3 is 0 Å². The first kappa shape index (κ1) is 15.1. The van der Waals surface area contributed by atoms with Crippen LogP contribution in [0.15, 0.2) is 6.33 Å². The van der Waals surface area contributed by atoms with Crippen LogP contribution in [0.2, 0.25) is 0 Å². The molecule has 0 radical (unpaired) electrons. The number of hydrogen-bond donors (Lipinski definition) is 1. The molecule has 4 nitrogen and oxygen atoms in total. The van der Waals surface area contributed by atoms with Gasteiger partial charge in [-0.2, -0.15) is 0 Å². The van der Waals surface area contributed by atoms with Crippen LogP contribution in [0.25, 0.3) is 0 Å². The Labute approximate surface area is 123 Å². The fraction of sp³-hybridized carbons (Fsp3) is 0.750. The fourth-order valence-corrected chi connectivity index (χ4v) is 2.77. The molecule has 0 unspecified atom stereocenters. The Morgan fingerprint density at radius 1 is 1.30 bits per heavy atom. The van der Waals surface area contributed by atoms with Crippen molar-refractivity contribution in [3.05, 3.63) is 11.9 Å². The lowest BCUT2D eigenvalue weighted by molar-refractivity contribution is 0.435. The van der Waals surface area contributed by atoms with Gasteiger partial charge in [-0.1, -0.05) is 27.7 Å². The van der Waals surface area contributed by atoms with Crippen LogP contribution in [-0.2, 0) is 0 Å². The van der Waals surface area contributed by atoms with Crippen molar-refractivity contribution in [3.8, 4) is 0 Å². The van der Waals surface area contributed by atoms with E-state index >= 15 is 0 Å². The highest BCUT2D eigenvalue weighted by atomic mass is 15.2. The summed E-state index contributed by atoms with van der Waals surface area (Å²) in [5.41, 5.74) is 1.27. The van der Waals surface area contributed by atoms with E-state index in [0.717, 1.165) is 43.6 Å². The van der Waals surface area contributed by atoms with Gasteiger partial charge in [-0.05, 0) is 31.1 Å². The topological polar surface area (TPSA) is 41.1 Å². The molecule has 0 spiro atoms. The average molecular weight is 276 g/mol. The van der Waals surface area contributed by atoms with Gasteiger partial charge in [0.15, 0.2) is 0 Å². The molecule has 1 aliphatic rings. The summed E-state index contributed by atoms with van der Waals surface area (Å²) in [4.78, 5) is 11.5. The first-order valence-corrected chi connectivity index (χ1v) is 7.97. The van der Waals surface area contributed by atoms with Gasteiger partial charge in [-0.25, -0.2) is 9.97 Å². The smallest absolute Gasteiger partial charge is 0.137 e. The van der Waals surface area contributed by atoms with E-state index in [1.165, 1.54) is 18.4 Å². The molecule has 2 rings (SSSR count). The lowest BCUT2D eigenvalue weighted by Gasteiger charge is -2.33. The summed E-state index contributed by atoms with van der Waals surface area (Å²) >= 11 is 0. The molecule has 0 saturated carbocycles. The van der Waals surface area contributed by atoms with E-state index in [1.807, 2.05) is 0 Å². The van der Waals surface area contributed by atoms with Crippen molar-refractivity contribution in [1.82, 2.24) is 9.97 Å². The van der Waals surface area contributed by atoms with Crippen LogP contribution >= 0.6 is 0 Å². The molecule has 1 aliphatic heterocycles. The lowest BCUT2D eigenvalue weighted by Crippen LogP contribution is -2.34. The first-order chi connectivity index (χ1) is 9.63. The zero-order chi connectivity index (χ0) is 14.5. The molecular weight excluding hydrogens is 248 g/mol. The van der Waals surface area contributed by atoms with E-state index in [9.17, 15) is 0 Å². The van der Waals surface area contributed by atoms with Crippen molar-refractivity contribution < 1.29 is 0 Å². The maximum absolute atomic E-state index is 4.59. The van der Waals surface area contributed by atoms with E-state index in [0.29, 0.717) is 5.92 Å². The summed E-state index contributed by atoms with van der Waals surface area (Å²) in [7, 11) is 0. The van der Waals surface area contributed by atoms with Crippen LogP contribution in [0.1, 0.15) is 58.4 Å². The van der Waals surface area contributed by atoms with Gasteiger partial charge in [0.1, 0.15) is 18.0 Å². The number of hydrogen-bond acceptors (Lipinski definition) is 4. The average Bonchev–Trinajstić information content (AvgIpc) is 2.45. The van der Waals surface area contributed by atoms with E-state index in [2.05, 4.69) is 47.9 Å². The molecule has 0 atom stereocenters. The van der Waals surface area contributed by atoms with Crippen molar-refractivity contribution in [3.63, 3.8) is 0 Å². The van der Waals surface area contributed by atoms with Gasteiger partial charge < -0.3 is 10.2 Å². The van der Waals surface area contributed by atoms with Crippen LogP contribution in [0.4, 0.5) is 11.6 Å². The van der Waals surface area contributed by atoms with E-state index in [4.69, 9.17) is 0 Å². The molecule has 2 heterocycles. The van der Waals surface area contributed by atoms with E-state index < -0.39 is 0 Å². The zero-order valence-electron chi connectivity index (χ0n) is 13.3. The number of aromatic nitrogens is 2. The number of piperidine rings is 1. The zero-order valence-corrected chi connectivity index (χ0v) is 13.3. The third kappa shape index (κ3) is 3.41. The predicted molar refractivity (Wildman–Crippen MR) is 85.5 cm³/mol. The molecule has 4 heteroatoms. The van der Waals surface area contributed by atoms with Crippen LogP contribution in [0.5, 0.6) is 0 Å². The molecule has 0 bridgehead atoms. The summed E-state index contributed by atoms with van der Waals surface area (Å²) in [6.07, 6.45) is 5.34. The van der Waals surface area contributed by atoms with Crippen LogP contribution in [-0.4, -0.2) is 29.6 Å². The summed E-state index contributed by atoms with van der Waals surface area (Å²) in [6, 6.07) is 0. The second-order valence-corrected chi connectivity index (χ2v) is 6.21. The first-order valence-electron chi connectivity index (χ1n) is 7.97. The summed E-state index contributed by atoms with van der Waals surface area (Å²) < 4.78 is 0. The van der Waals surface area contributed by atoms with Crippen LogP contribution < -0.4 is 10.2 Å². The molecule has 1 N–H and O–H groups in total. The Bertz CT molecular complexity index is 422. The Hall–Kier alpha value is -1.32. The molecule has 0 amide bonds. The SMILES string of the molecule is CCCNc1ncnc(N2CCC(C)CC2)c1C(C)C. The van der Waals surface area contributed by atoms with Crippen molar-refractivity contribution in [1.29, 1.82) is 0 Å². The molecule has 0 aliphatic carbocycles. The molecule has 1 saturated heterocycles. The maximum Gasteiger partial charge on any atom is 0.137 e. The third-order valence-electron chi connectivity index (χ3n) is 4.07. The van der Waals surface area contributed by atoms with Gasteiger partial charge in [0.05, 0.1) is 0 Å². The minimum atomic E-state index is 0.435. The number of anilines is 2. The Kier molecular flexibility index (Phi) is 5.21. The molecule has 1 aromatic rings. The fourth-order valence-electron chi connectivity index (χ4n) is 2.77. The van der Waals surface area contributed by atoms with Crippen LogP contribution in [0.3, 0.4) is 0 Å². The van der Waals surface area contributed by atoms with Crippen molar-refractivity contribution in [2.75, 3.05) is 29.9 Å². The molecule has 20 heavy (non-hydrogen) atoms. The monoisotopic (exact) mass is 276 g/mol. The predicted octanol–water partition coefficient (Wildman–Crippen LogP) is 3.66. The maximum atomic E-state index is 4.59. The number of nitrogens with one attached hydrogen (secondary N) is 1. The molecule has 1 fully saturated rings. The Balaban J connectivity index is 2.27. The van der Waals surface area contributed by atoms with Gasteiger partial charge in [0.25, 0.3) is 0 Å². The lowest BCUT2D eigenvalue weighted by atomic mass is 9.97. The summed E-state index contributed by atoms with van der Waals surface area (Å²) in [5, 5.41) is 3.45. The second-order valence-electron chi connectivity index (χ2n) is 6.21. The van der Waals surface area contributed by atoms with Gasteiger partial charge in [-0.3, -0.25) is 0 Å².